The third kappa shape index (κ3) is 3.69. The summed E-state index contributed by atoms with van der Waals surface area (Å²) in [7, 11) is -3.15. The first kappa shape index (κ1) is 16.8. The number of amides is 1. The fourth-order valence-corrected chi connectivity index (χ4v) is 4.43. The van der Waals surface area contributed by atoms with Gasteiger partial charge in [-0.2, -0.15) is 5.10 Å². The number of sulfone groups is 1. The van der Waals surface area contributed by atoms with Gasteiger partial charge in [0, 0.05) is 31.3 Å². The molecule has 0 N–H and O–H groups in total. The number of carbonyl (C=O) groups excluding carboxylic acids is 1. The van der Waals surface area contributed by atoms with Crippen molar-refractivity contribution in [1.29, 1.82) is 0 Å². The molecule has 2 aromatic heterocycles. The van der Waals surface area contributed by atoms with E-state index < -0.39 is 15.9 Å². The van der Waals surface area contributed by atoms with Crippen molar-refractivity contribution in [3.8, 4) is 0 Å². The van der Waals surface area contributed by atoms with Crippen molar-refractivity contribution in [3.63, 3.8) is 0 Å². The minimum Gasteiger partial charge on any atom is -0.472 e. The quantitative estimate of drug-likeness (QED) is 0.813. The number of hydrogen-bond donors (Lipinski definition) is 0. The SMILES string of the molecule is CCn1cc([C@@H]2CS(=O)(=O)CCN2C(=O)CCc2ccoc2)cn1. The molecule has 1 aliphatic rings. The number of rotatable bonds is 5. The van der Waals surface area contributed by atoms with Crippen molar-refractivity contribution in [2.24, 2.45) is 0 Å². The van der Waals surface area contributed by atoms with Crippen LogP contribution in [0.2, 0.25) is 0 Å². The van der Waals surface area contributed by atoms with Crippen LogP contribution in [0.4, 0.5) is 0 Å². The zero-order chi connectivity index (χ0) is 17.2. The highest BCUT2D eigenvalue weighted by molar-refractivity contribution is 7.91. The van der Waals surface area contributed by atoms with Crippen LogP contribution in [-0.2, 0) is 27.6 Å². The summed E-state index contributed by atoms with van der Waals surface area (Å²) in [6.07, 6.45) is 7.59. The third-order valence-electron chi connectivity index (χ3n) is 4.32. The Morgan fingerprint density at radius 3 is 2.96 bits per heavy atom. The lowest BCUT2D eigenvalue weighted by molar-refractivity contribution is -0.133. The summed E-state index contributed by atoms with van der Waals surface area (Å²) >= 11 is 0. The number of aromatic nitrogens is 2. The summed E-state index contributed by atoms with van der Waals surface area (Å²) in [6.45, 7) is 2.89. The molecule has 0 spiro atoms. The van der Waals surface area contributed by atoms with E-state index in [1.165, 1.54) is 0 Å². The summed E-state index contributed by atoms with van der Waals surface area (Å²) in [4.78, 5) is 14.3. The van der Waals surface area contributed by atoms with E-state index in [4.69, 9.17) is 4.42 Å². The highest BCUT2D eigenvalue weighted by atomic mass is 32.2. The first-order chi connectivity index (χ1) is 11.5. The van der Waals surface area contributed by atoms with Crippen molar-refractivity contribution in [3.05, 3.63) is 42.1 Å². The van der Waals surface area contributed by atoms with E-state index in [2.05, 4.69) is 5.10 Å². The highest BCUT2D eigenvalue weighted by Gasteiger charge is 2.35. The molecule has 24 heavy (non-hydrogen) atoms. The van der Waals surface area contributed by atoms with Gasteiger partial charge in [-0.05, 0) is 25.0 Å². The van der Waals surface area contributed by atoms with Crippen LogP contribution in [0.3, 0.4) is 0 Å². The van der Waals surface area contributed by atoms with E-state index in [9.17, 15) is 13.2 Å². The fourth-order valence-electron chi connectivity index (χ4n) is 2.94. The molecule has 8 heteroatoms. The second-order valence-corrected chi connectivity index (χ2v) is 8.21. The summed E-state index contributed by atoms with van der Waals surface area (Å²) in [6, 6.07) is 1.37. The maximum atomic E-state index is 12.6. The minimum absolute atomic E-state index is 0.0167. The molecule has 1 fully saturated rings. The van der Waals surface area contributed by atoms with Crippen molar-refractivity contribution < 1.29 is 17.6 Å². The van der Waals surface area contributed by atoms with E-state index in [-0.39, 0.29) is 24.0 Å². The Bertz CT molecular complexity index is 795. The average Bonchev–Trinajstić information content (AvgIpc) is 3.23. The Labute approximate surface area is 141 Å². The summed E-state index contributed by atoms with van der Waals surface area (Å²) in [5.74, 6) is -0.0664. The Morgan fingerprint density at radius 1 is 1.46 bits per heavy atom. The predicted molar refractivity (Wildman–Crippen MR) is 88.0 cm³/mol. The molecule has 0 saturated carbocycles. The van der Waals surface area contributed by atoms with Gasteiger partial charge in [0.1, 0.15) is 0 Å². The molecule has 3 rings (SSSR count). The molecule has 0 aliphatic carbocycles. The smallest absolute Gasteiger partial charge is 0.223 e. The number of furan rings is 1. The number of hydrogen-bond acceptors (Lipinski definition) is 5. The van der Waals surface area contributed by atoms with Crippen LogP contribution < -0.4 is 0 Å². The molecule has 1 atom stereocenters. The third-order valence-corrected chi connectivity index (χ3v) is 5.95. The van der Waals surface area contributed by atoms with Gasteiger partial charge >= 0.3 is 0 Å². The van der Waals surface area contributed by atoms with Gasteiger partial charge in [0.05, 0.1) is 36.3 Å². The molecular formula is C16H21N3O4S. The van der Waals surface area contributed by atoms with Crippen LogP contribution in [-0.4, -0.2) is 47.1 Å². The van der Waals surface area contributed by atoms with Crippen LogP contribution in [0.5, 0.6) is 0 Å². The normalized spacial score (nSPS) is 20.2. The van der Waals surface area contributed by atoms with Crippen LogP contribution in [0, 0.1) is 0 Å². The van der Waals surface area contributed by atoms with Gasteiger partial charge in [-0.25, -0.2) is 8.42 Å². The van der Waals surface area contributed by atoms with Gasteiger partial charge in [0.2, 0.25) is 5.91 Å². The van der Waals surface area contributed by atoms with E-state index in [0.717, 1.165) is 11.1 Å². The van der Waals surface area contributed by atoms with Crippen molar-refractivity contribution in [2.45, 2.75) is 32.4 Å². The zero-order valence-corrected chi connectivity index (χ0v) is 14.4. The zero-order valence-electron chi connectivity index (χ0n) is 13.6. The Kier molecular flexibility index (Phi) is 4.75. The Balaban J connectivity index is 1.76. The second kappa shape index (κ2) is 6.80. The Morgan fingerprint density at radius 2 is 2.29 bits per heavy atom. The monoisotopic (exact) mass is 351 g/mol. The molecule has 0 unspecified atom stereocenters. The lowest BCUT2D eigenvalue weighted by atomic mass is 10.1. The van der Waals surface area contributed by atoms with Crippen LogP contribution in [0.15, 0.2) is 35.4 Å². The number of aryl methyl sites for hydroxylation is 2. The first-order valence-electron chi connectivity index (χ1n) is 8.02. The molecular weight excluding hydrogens is 330 g/mol. The summed E-state index contributed by atoms with van der Waals surface area (Å²) in [5.41, 5.74) is 1.74. The lowest BCUT2D eigenvalue weighted by Gasteiger charge is -2.35. The lowest BCUT2D eigenvalue weighted by Crippen LogP contribution is -2.46. The Hall–Kier alpha value is -2.09. The van der Waals surface area contributed by atoms with E-state index >= 15 is 0 Å². The van der Waals surface area contributed by atoms with Gasteiger partial charge < -0.3 is 9.32 Å². The minimum atomic E-state index is -3.15. The van der Waals surface area contributed by atoms with Crippen molar-refractivity contribution in [1.82, 2.24) is 14.7 Å². The van der Waals surface area contributed by atoms with E-state index in [1.54, 1.807) is 28.3 Å². The highest BCUT2D eigenvalue weighted by Crippen LogP contribution is 2.27. The maximum Gasteiger partial charge on any atom is 0.223 e. The molecule has 2 aromatic rings. The summed E-state index contributed by atoms with van der Waals surface area (Å²) < 4.78 is 30.8. The maximum absolute atomic E-state index is 12.6. The second-order valence-electron chi connectivity index (χ2n) is 5.98. The number of carbonyl (C=O) groups is 1. The molecule has 0 bridgehead atoms. The van der Waals surface area contributed by atoms with Gasteiger partial charge in [-0.15, -0.1) is 0 Å². The topological polar surface area (TPSA) is 85.4 Å². The molecule has 0 radical (unpaired) electrons. The van der Waals surface area contributed by atoms with Gasteiger partial charge in [0.25, 0.3) is 0 Å². The van der Waals surface area contributed by atoms with E-state index in [0.29, 0.717) is 19.4 Å². The van der Waals surface area contributed by atoms with Crippen LogP contribution in [0.1, 0.15) is 30.5 Å². The average molecular weight is 351 g/mol. The van der Waals surface area contributed by atoms with Gasteiger partial charge in [-0.1, -0.05) is 0 Å². The number of nitrogens with zero attached hydrogens (tertiary/aromatic N) is 3. The molecule has 0 aromatic carbocycles. The molecule has 1 amide bonds. The summed E-state index contributed by atoms with van der Waals surface area (Å²) in [5, 5.41) is 4.21. The standard InChI is InChI=1S/C16H21N3O4S/c1-2-18-10-14(9-17-18)15-12-24(21,22)8-6-19(15)16(20)4-3-13-5-7-23-11-13/h5,7,9-11,15H,2-4,6,8,12H2,1H3/t15-/m0/s1. The van der Waals surface area contributed by atoms with Gasteiger partial charge in [0.15, 0.2) is 9.84 Å². The van der Waals surface area contributed by atoms with Crippen LogP contribution in [0.25, 0.3) is 0 Å². The molecule has 1 saturated heterocycles. The predicted octanol–water partition coefficient (Wildman–Crippen LogP) is 1.43. The van der Waals surface area contributed by atoms with Crippen LogP contribution >= 0.6 is 0 Å². The molecule has 130 valence electrons. The first-order valence-corrected chi connectivity index (χ1v) is 9.84. The van der Waals surface area contributed by atoms with E-state index in [1.807, 2.05) is 19.2 Å². The largest absolute Gasteiger partial charge is 0.472 e. The molecule has 7 nitrogen and oxygen atoms in total. The van der Waals surface area contributed by atoms with Crippen molar-refractivity contribution >= 4 is 15.7 Å². The molecule has 1 aliphatic heterocycles. The molecule has 3 heterocycles. The van der Waals surface area contributed by atoms with Gasteiger partial charge in [-0.3, -0.25) is 9.48 Å². The fraction of sp³-hybridized carbons (Fsp3) is 0.500. The van der Waals surface area contributed by atoms with Crippen molar-refractivity contribution in [2.75, 3.05) is 18.1 Å².